The summed E-state index contributed by atoms with van der Waals surface area (Å²) in [6, 6.07) is 4.32. The molecule has 1 aromatic carbocycles. The Morgan fingerprint density at radius 1 is 1.20 bits per heavy atom. The number of hydrogen-bond acceptors (Lipinski definition) is 4. The zero-order chi connectivity index (χ0) is 18.1. The molecule has 1 aliphatic heterocycles. The number of carboxylic acid groups (broad SMARTS) is 2. The van der Waals surface area contributed by atoms with Crippen molar-refractivity contribution in [2.45, 2.75) is 12.6 Å². The molecule has 2 N–H and O–H groups in total. The Kier molecular flexibility index (Phi) is 4.99. The number of likely N-dealkylation sites (N-methyl/N-ethyl adjacent to an activating group) is 1. The molecule has 0 unspecified atom stereocenters. The molecule has 0 bridgehead atoms. The van der Waals surface area contributed by atoms with Crippen molar-refractivity contribution in [1.82, 2.24) is 14.4 Å². The second kappa shape index (κ2) is 7.03. The lowest BCUT2D eigenvalue weighted by molar-refractivity contribution is -0.144. The van der Waals surface area contributed by atoms with Crippen LogP contribution in [0, 0.1) is 0 Å². The highest BCUT2D eigenvalue weighted by molar-refractivity contribution is 6.31. The fraction of sp³-hybridized carbons (Fsp3) is 0.412. The van der Waals surface area contributed by atoms with Crippen molar-refractivity contribution in [1.29, 1.82) is 0 Å². The first-order valence-corrected chi connectivity index (χ1v) is 8.40. The Bertz CT molecular complexity index is 812. The molecule has 0 radical (unpaired) electrons. The molecule has 1 saturated heterocycles. The highest BCUT2D eigenvalue weighted by Crippen LogP contribution is 2.32. The minimum absolute atomic E-state index is 0.244. The number of aliphatic carboxylic acids is 2. The van der Waals surface area contributed by atoms with Gasteiger partial charge in [-0.3, -0.25) is 14.5 Å². The number of benzene rings is 1. The molecular weight excluding hydrogens is 346 g/mol. The van der Waals surface area contributed by atoms with Gasteiger partial charge in [-0.1, -0.05) is 17.7 Å². The van der Waals surface area contributed by atoms with Crippen LogP contribution in [0.3, 0.4) is 0 Å². The predicted octanol–water partition coefficient (Wildman–Crippen LogP) is 1.75. The number of aromatic nitrogens is 1. The molecule has 1 aromatic heterocycles. The van der Waals surface area contributed by atoms with Crippen LogP contribution in [0.5, 0.6) is 0 Å². The van der Waals surface area contributed by atoms with Crippen molar-refractivity contribution in [3.63, 3.8) is 0 Å². The van der Waals surface area contributed by atoms with Crippen molar-refractivity contribution in [3.8, 4) is 0 Å². The molecule has 1 atom stereocenters. The monoisotopic (exact) mass is 365 g/mol. The van der Waals surface area contributed by atoms with E-state index in [-0.39, 0.29) is 6.54 Å². The van der Waals surface area contributed by atoms with Crippen molar-refractivity contribution >= 4 is 34.4 Å². The quantitative estimate of drug-likeness (QED) is 0.839. The number of hydrogen-bond donors (Lipinski definition) is 2. The maximum atomic E-state index is 12.0. The largest absolute Gasteiger partial charge is 0.480 e. The van der Waals surface area contributed by atoms with E-state index in [0.717, 1.165) is 18.5 Å². The van der Waals surface area contributed by atoms with E-state index in [1.54, 1.807) is 29.0 Å². The second-order valence-electron chi connectivity index (χ2n) is 6.35. The molecule has 25 heavy (non-hydrogen) atoms. The van der Waals surface area contributed by atoms with Crippen molar-refractivity contribution in [2.24, 2.45) is 0 Å². The number of piperazine rings is 1. The Hall–Kier alpha value is -2.09. The van der Waals surface area contributed by atoms with E-state index in [1.807, 2.05) is 11.9 Å². The van der Waals surface area contributed by atoms with E-state index < -0.39 is 18.0 Å². The zero-order valence-electron chi connectivity index (χ0n) is 13.9. The Morgan fingerprint density at radius 2 is 1.88 bits per heavy atom. The van der Waals surface area contributed by atoms with E-state index in [9.17, 15) is 14.7 Å². The minimum atomic E-state index is -0.991. The van der Waals surface area contributed by atoms with Gasteiger partial charge in [0.1, 0.15) is 12.6 Å². The summed E-state index contributed by atoms with van der Waals surface area (Å²) >= 11 is 6.05. The van der Waals surface area contributed by atoms with E-state index in [4.69, 9.17) is 16.7 Å². The van der Waals surface area contributed by atoms with Gasteiger partial charge in [0.15, 0.2) is 0 Å². The molecule has 1 fully saturated rings. The lowest BCUT2D eigenvalue weighted by atomic mass is 10.0. The summed E-state index contributed by atoms with van der Waals surface area (Å²) in [5, 5.41) is 20.2. The van der Waals surface area contributed by atoms with Gasteiger partial charge in [0, 0.05) is 48.3 Å². The molecule has 0 spiro atoms. The van der Waals surface area contributed by atoms with Crippen LogP contribution in [0.2, 0.25) is 5.02 Å². The van der Waals surface area contributed by atoms with Crippen molar-refractivity contribution in [3.05, 3.63) is 35.0 Å². The van der Waals surface area contributed by atoms with E-state index >= 15 is 0 Å². The number of carbonyl (C=O) groups is 2. The third-order valence-corrected chi connectivity index (χ3v) is 4.85. The fourth-order valence-electron chi connectivity index (χ4n) is 3.35. The van der Waals surface area contributed by atoms with Gasteiger partial charge in [-0.05, 0) is 19.2 Å². The van der Waals surface area contributed by atoms with Gasteiger partial charge < -0.3 is 19.7 Å². The van der Waals surface area contributed by atoms with Gasteiger partial charge in [0.2, 0.25) is 0 Å². The van der Waals surface area contributed by atoms with Crippen LogP contribution >= 0.6 is 11.6 Å². The average Bonchev–Trinajstić information content (AvgIpc) is 2.86. The summed E-state index contributed by atoms with van der Waals surface area (Å²) in [5.41, 5.74) is 1.23. The van der Waals surface area contributed by atoms with E-state index in [0.29, 0.717) is 29.2 Å². The molecule has 2 heterocycles. The highest BCUT2D eigenvalue weighted by atomic mass is 35.5. The molecule has 0 aliphatic carbocycles. The first kappa shape index (κ1) is 17.7. The topological polar surface area (TPSA) is 86.0 Å². The third kappa shape index (κ3) is 3.63. The summed E-state index contributed by atoms with van der Waals surface area (Å²) in [4.78, 5) is 27.3. The molecule has 3 rings (SSSR count). The molecule has 134 valence electrons. The van der Waals surface area contributed by atoms with Crippen LogP contribution in [-0.4, -0.2) is 69.7 Å². The molecule has 2 aromatic rings. The number of halogens is 1. The van der Waals surface area contributed by atoms with Crippen LogP contribution in [0.4, 0.5) is 0 Å². The van der Waals surface area contributed by atoms with Gasteiger partial charge in [0.05, 0.1) is 5.52 Å². The summed E-state index contributed by atoms with van der Waals surface area (Å²) < 4.78 is 1.55. The third-order valence-electron chi connectivity index (χ3n) is 4.61. The Balaban J connectivity index is 2.08. The molecule has 0 amide bonds. The van der Waals surface area contributed by atoms with Gasteiger partial charge >= 0.3 is 11.9 Å². The number of carboxylic acids is 2. The highest BCUT2D eigenvalue weighted by Gasteiger charge is 2.32. The van der Waals surface area contributed by atoms with Crippen LogP contribution in [0.15, 0.2) is 24.4 Å². The maximum absolute atomic E-state index is 12.0. The van der Waals surface area contributed by atoms with E-state index in [1.165, 1.54) is 0 Å². The minimum Gasteiger partial charge on any atom is -0.480 e. The Labute approximate surface area is 150 Å². The predicted molar refractivity (Wildman–Crippen MR) is 94.0 cm³/mol. The van der Waals surface area contributed by atoms with E-state index in [2.05, 4.69) is 4.90 Å². The van der Waals surface area contributed by atoms with Gasteiger partial charge in [-0.25, -0.2) is 0 Å². The second-order valence-corrected chi connectivity index (χ2v) is 6.78. The normalized spacial score (nSPS) is 17.7. The molecule has 0 saturated carbocycles. The molecular formula is C17H20ClN3O4. The number of nitrogens with zero attached hydrogens (tertiary/aromatic N) is 3. The lowest BCUT2D eigenvalue weighted by Gasteiger charge is -2.36. The first-order valence-electron chi connectivity index (χ1n) is 8.02. The summed E-state index contributed by atoms with van der Waals surface area (Å²) in [6.45, 7) is 2.64. The summed E-state index contributed by atoms with van der Waals surface area (Å²) in [6.07, 6.45) is 1.63. The van der Waals surface area contributed by atoms with Gasteiger partial charge in [-0.2, -0.15) is 0 Å². The van der Waals surface area contributed by atoms with Gasteiger partial charge in [-0.15, -0.1) is 0 Å². The first-order chi connectivity index (χ1) is 11.9. The van der Waals surface area contributed by atoms with Crippen LogP contribution in [-0.2, 0) is 16.1 Å². The van der Waals surface area contributed by atoms with Crippen molar-refractivity contribution < 1.29 is 19.8 Å². The average molecular weight is 366 g/mol. The fourth-order valence-corrected chi connectivity index (χ4v) is 3.52. The number of fused-ring (bicyclic) bond motifs is 1. The van der Waals surface area contributed by atoms with Gasteiger partial charge in [0.25, 0.3) is 0 Å². The zero-order valence-corrected chi connectivity index (χ0v) is 14.6. The smallest absolute Gasteiger partial charge is 0.325 e. The SMILES string of the molecule is CN1CCN([C@H](C(=O)O)c2cn(CC(=O)O)c3cc(Cl)ccc23)CC1. The Morgan fingerprint density at radius 3 is 2.48 bits per heavy atom. The molecule has 8 heteroatoms. The van der Waals surface area contributed by atoms with Crippen LogP contribution < -0.4 is 0 Å². The summed E-state index contributed by atoms with van der Waals surface area (Å²) in [7, 11) is 2.01. The molecule has 1 aliphatic rings. The lowest BCUT2D eigenvalue weighted by Crippen LogP contribution is -2.47. The number of rotatable bonds is 5. The van der Waals surface area contributed by atoms with Crippen LogP contribution in [0.25, 0.3) is 10.9 Å². The maximum Gasteiger partial charge on any atom is 0.325 e. The molecule has 7 nitrogen and oxygen atoms in total. The standard InChI is InChI=1S/C17H20ClN3O4/c1-19-4-6-20(7-5-19)16(17(24)25)13-9-21(10-15(22)23)14-8-11(18)2-3-12(13)14/h2-3,8-9,16H,4-7,10H2,1H3,(H,22,23)(H,24,25)/t16-/m0/s1. The van der Waals surface area contributed by atoms with Crippen molar-refractivity contribution in [2.75, 3.05) is 33.2 Å². The van der Waals surface area contributed by atoms with Crippen LogP contribution in [0.1, 0.15) is 11.6 Å². The summed E-state index contributed by atoms with van der Waals surface area (Å²) in [5.74, 6) is -1.93.